The Hall–Kier alpha value is -3.56. The molecule has 0 atom stereocenters. The van der Waals surface area contributed by atoms with Crippen molar-refractivity contribution in [2.45, 2.75) is 6.92 Å². The second-order valence-electron chi connectivity index (χ2n) is 5.64. The summed E-state index contributed by atoms with van der Waals surface area (Å²) in [5.41, 5.74) is -0.665. The molecule has 3 aromatic rings. The van der Waals surface area contributed by atoms with Gasteiger partial charge in [-0.3, -0.25) is 4.79 Å². The molecule has 0 saturated heterocycles. The summed E-state index contributed by atoms with van der Waals surface area (Å²) >= 11 is 0. The zero-order valence-corrected chi connectivity index (χ0v) is 14.2. The Morgan fingerprint density at radius 3 is 2.29 bits per heavy atom. The molecular formula is C18H11F5N4O. The highest BCUT2D eigenvalue weighted by Gasteiger charge is 2.18. The van der Waals surface area contributed by atoms with E-state index in [0.29, 0.717) is 17.8 Å². The summed E-state index contributed by atoms with van der Waals surface area (Å²) in [7, 11) is 0. The Morgan fingerprint density at radius 2 is 1.57 bits per heavy atom. The maximum absolute atomic E-state index is 13.8. The number of anilines is 3. The van der Waals surface area contributed by atoms with Crippen molar-refractivity contribution in [3.05, 3.63) is 76.9 Å². The lowest BCUT2D eigenvalue weighted by atomic mass is 10.2. The van der Waals surface area contributed by atoms with Crippen LogP contribution in [0.3, 0.4) is 0 Å². The van der Waals surface area contributed by atoms with Crippen LogP contribution in [0.1, 0.15) is 16.2 Å². The van der Waals surface area contributed by atoms with Crippen molar-refractivity contribution in [2.75, 3.05) is 10.6 Å². The molecule has 0 aliphatic heterocycles. The molecule has 0 aliphatic carbocycles. The van der Waals surface area contributed by atoms with Crippen LogP contribution in [0, 0.1) is 36.0 Å². The van der Waals surface area contributed by atoms with Crippen molar-refractivity contribution in [1.29, 1.82) is 0 Å². The number of amides is 1. The molecule has 1 heterocycles. The molecule has 1 amide bonds. The number of hydrogen-bond donors (Lipinski definition) is 2. The molecule has 0 aliphatic rings. The first kappa shape index (κ1) is 19.2. The number of nitrogens with zero attached hydrogens (tertiary/aromatic N) is 2. The highest BCUT2D eigenvalue weighted by Crippen LogP contribution is 2.21. The number of carbonyl (C=O) groups excluding carboxylic acids is 1. The Labute approximate surface area is 155 Å². The molecule has 2 aromatic carbocycles. The zero-order chi connectivity index (χ0) is 20.4. The molecule has 0 unspecified atom stereocenters. The number of hydrogen-bond acceptors (Lipinski definition) is 4. The lowest BCUT2D eigenvalue weighted by molar-refractivity contribution is 0.102. The van der Waals surface area contributed by atoms with Crippen LogP contribution in [-0.4, -0.2) is 15.9 Å². The summed E-state index contributed by atoms with van der Waals surface area (Å²) in [6.07, 6.45) is 0. The summed E-state index contributed by atoms with van der Waals surface area (Å²) in [4.78, 5) is 20.1. The number of rotatable bonds is 4. The normalized spacial score (nSPS) is 10.6. The molecule has 0 bridgehead atoms. The lowest BCUT2D eigenvalue weighted by Gasteiger charge is -2.10. The van der Waals surface area contributed by atoms with Crippen LogP contribution in [0.5, 0.6) is 0 Å². The van der Waals surface area contributed by atoms with Crippen LogP contribution in [0.25, 0.3) is 0 Å². The van der Waals surface area contributed by atoms with Gasteiger partial charge >= 0.3 is 0 Å². The van der Waals surface area contributed by atoms with Crippen LogP contribution in [0.4, 0.5) is 39.3 Å². The summed E-state index contributed by atoms with van der Waals surface area (Å²) in [6.45, 7) is 1.52. The SMILES string of the molecule is Cc1cc(C(=O)Nc2ccc(F)c(F)c2F)nc(Nc2ccc(F)cc2F)n1. The summed E-state index contributed by atoms with van der Waals surface area (Å²) in [5, 5.41) is 4.57. The molecule has 28 heavy (non-hydrogen) atoms. The first-order valence-corrected chi connectivity index (χ1v) is 7.77. The summed E-state index contributed by atoms with van der Waals surface area (Å²) in [6, 6.07) is 5.54. The molecule has 0 spiro atoms. The van der Waals surface area contributed by atoms with Crippen molar-refractivity contribution in [1.82, 2.24) is 9.97 Å². The number of halogens is 5. The van der Waals surface area contributed by atoms with E-state index in [1.54, 1.807) is 0 Å². The van der Waals surface area contributed by atoms with E-state index >= 15 is 0 Å². The maximum atomic E-state index is 13.8. The molecule has 144 valence electrons. The average molecular weight is 394 g/mol. The first-order valence-electron chi connectivity index (χ1n) is 7.77. The van der Waals surface area contributed by atoms with Crippen molar-refractivity contribution in [3.8, 4) is 0 Å². The van der Waals surface area contributed by atoms with Crippen LogP contribution >= 0.6 is 0 Å². The number of benzene rings is 2. The molecular weight excluding hydrogens is 383 g/mol. The second kappa shape index (κ2) is 7.59. The fourth-order valence-corrected chi connectivity index (χ4v) is 2.26. The van der Waals surface area contributed by atoms with Crippen LogP contribution < -0.4 is 10.6 Å². The minimum absolute atomic E-state index is 0.134. The molecule has 10 heteroatoms. The predicted molar refractivity (Wildman–Crippen MR) is 90.7 cm³/mol. The standard InChI is InChI=1S/C18H11F5N4O/c1-8-6-14(17(28)25-13-5-3-10(20)15(22)16(13)23)27-18(24-8)26-12-4-2-9(19)7-11(12)21/h2-7H,1H3,(H,25,28)(H,24,26,27). The highest BCUT2D eigenvalue weighted by molar-refractivity contribution is 6.03. The predicted octanol–water partition coefficient (Wildman–Crippen LogP) is 4.48. The highest BCUT2D eigenvalue weighted by atomic mass is 19.2. The molecule has 2 N–H and O–H groups in total. The molecule has 1 aromatic heterocycles. The van der Waals surface area contributed by atoms with Crippen molar-refractivity contribution < 1.29 is 26.7 Å². The molecule has 0 saturated carbocycles. The van der Waals surface area contributed by atoms with Gasteiger partial charge in [0.15, 0.2) is 17.5 Å². The summed E-state index contributed by atoms with van der Waals surface area (Å²) < 4.78 is 66.7. The van der Waals surface area contributed by atoms with E-state index in [9.17, 15) is 26.7 Å². The van der Waals surface area contributed by atoms with Crippen LogP contribution in [0.2, 0.25) is 0 Å². The van der Waals surface area contributed by atoms with E-state index in [2.05, 4.69) is 20.6 Å². The maximum Gasteiger partial charge on any atom is 0.274 e. The minimum Gasteiger partial charge on any atom is -0.322 e. The van der Waals surface area contributed by atoms with Gasteiger partial charge in [-0.1, -0.05) is 0 Å². The van der Waals surface area contributed by atoms with Gasteiger partial charge in [-0.15, -0.1) is 0 Å². The number of aryl methyl sites for hydroxylation is 1. The van der Waals surface area contributed by atoms with Gasteiger partial charge < -0.3 is 10.6 Å². The third-order valence-corrected chi connectivity index (χ3v) is 3.55. The Bertz CT molecular complexity index is 1070. The molecule has 0 radical (unpaired) electrons. The Kier molecular flexibility index (Phi) is 5.21. The third-order valence-electron chi connectivity index (χ3n) is 3.55. The van der Waals surface area contributed by atoms with Gasteiger partial charge in [0.25, 0.3) is 5.91 Å². The van der Waals surface area contributed by atoms with Gasteiger partial charge in [0.05, 0.1) is 11.4 Å². The van der Waals surface area contributed by atoms with Crippen molar-refractivity contribution in [2.24, 2.45) is 0 Å². The van der Waals surface area contributed by atoms with E-state index in [1.807, 2.05) is 0 Å². The minimum atomic E-state index is -1.73. The summed E-state index contributed by atoms with van der Waals surface area (Å²) in [5.74, 6) is -7.49. The third kappa shape index (κ3) is 4.05. The number of nitrogens with one attached hydrogen (secondary N) is 2. The zero-order valence-electron chi connectivity index (χ0n) is 14.2. The first-order chi connectivity index (χ1) is 13.2. The van der Waals surface area contributed by atoms with E-state index in [4.69, 9.17) is 0 Å². The lowest BCUT2D eigenvalue weighted by Crippen LogP contribution is -2.17. The monoisotopic (exact) mass is 394 g/mol. The van der Waals surface area contributed by atoms with E-state index < -0.39 is 40.7 Å². The molecule has 3 rings (SSSR count). The van der Waals surface area contributed by atoms with Crippen LogP contribution in [0.15, 0.2) is 36.4 Å². The van der Waals surface area contributed by atoms with Crippen molar-refractivity contribution >= 4 is 23.2 Å². The Morgan fingerprint density at radius 1 is 0.857 bits per heavy atom. The van der Waals surface area contributed by atoms with Gasteiger partial charge in [0.1, 0.15) is 17.3 Å². The van der Waals surface area contributed by atoms with Crippen LogP contribution in [-0.2, 0) is 0 Å². The fourth-order valence-electron chi connectivity index (χ4n) is 2.26. The quantitative estimate of drug-likeness (QED) is 0.506. The van der Waals surface area contributed by atoms with Gasteiger partial charge in [0, 0.05) is 11.8 Å². The van der Waals surface area contributed by atoms with E-state index in [-0.39, 0.29) is 17.3 Å². The average Bonchev–Trinajstić information content (AvgIpc) is 2.64. The van der Waals surface area contributed by atoms with Crippen molar-refractivity contribution in [3.63, 3.8) is 0 Å². The smallest absolute Gasteiger partial charge is 0.274 e. The molecule has 0 fully saturated rings. The van der Waals surface area contributed by atoms with Gasteiger partial charge in [-0.25, -0.2) is 31.9 Å². The topological polar surface area (TPSA) is 66.9 Å². The number of carbonyl (C=O) groups is 1. The van der Waals surface area contributed by atoms with E-state index in [0.717, 1.165) is 18.2 Å². The van der Waals surface area contributed by atoms with Gasteiger partial charge in [0.2, 0.25) is 5.95 Å². The largest absolute Gasteiger partial charge is 0.322 e. The fraction of sp³-hybridized carbons (Fsp3) is 0.0556. The number of aromatic nitrogens is 2. The Balaban J connectivity index is 1.86. The van der Waals surface area contributed by atoms with E-state index in [1.165, 1.54) is 13.0 Å². The second-order valence-corrected chi connectivity index (χ2v) is 5.64. The van der Waals surface area contributed by atoms with Gasteiger partial charge in [-0.2, -0.15) is 0 Å². The molecule has 5 nitrogen and oxygen atoms in total. The van der Waals surface area contributed by atoms with Gasteiger partial charge in [-0.05, 0) is 37.3 Å².